The van der Waals surface area contributed by atoms with Gasteiger partial charge < -0.3 is 40.0 Å². The van der Waals surface area contributed by atoms with Crippen LogP contribution < -0.4 is 19.5 Å². The molecule has 0 saturated carbocycles. The molecule has 0 aliphatic carbocycles. The van der Waals surface area contributed by atoms with E-state index in [9.17, 15) is 19.8 Å². The van der Waals surface area contributed by atoms with Crippen LogP contribution in [0.5, 0.6) is 23.0 Å². The van der Waals surface area contributed by atoms with Crippen LogP contribution in [-0.4, -0.2) is 90.4 Å². The Bertz CT molecular complexity index is 2090. The fourth-order valence-electron chi connectivity index (χ4n) is 4.99. The van der Waals surface area contributed by atoms with Gasteiger partial charge >= 0.3 is 11.9 Å². The van der Waals surface area contributed by atoms with E-state index in [0.29, 0.717) is 56.8 Å². The van der Waals surface area contributed by atoms with E-state index < -0.39 is 18.0 Å². The maximum Gasteiger partial charge on any atom is 0.328 e. The molecule has 2 aromatic heterocycles. The summed E-state index contributed by atoms with van der Waals surface area (Å²) in [5.74, 6) is -0.0553. The van der Waals surface area contributed by atoms with Crippen molar-refractivity contribution in [3.8, 4) is 45.3 Å². The number of carboxylic acids is 2. The number of benzene rings is 4. The number of rotatable bonds is 18. The third-order valence-corrected chi connectivity index (χ3v) is 7.89. The SMILES string of the molecule is CC(C)NCC(O)COc1ccc(OCCn2cc(-c3ccccc3)cn2)cc1.O=C(O)/C=C\C(=O)O.Oc1ccc(OCCn2cc(-c3ccccc3)cn2)cc1. The number of nitrogens with one attached hydrogen (secondary N) is 1. The first-order valence-corrected chi connectivity index (χ1v) is 18.5. The Hall–Kier alpha value is -6.90. The number of ether oxygens (including phenoxy) is 3. The minimum Gasteiger partial charge on any atom is -0.508 e. The lowest BCUT2D eigenvalue weighted by molar-refractivity contribution is -0.134. The van der Waals surface area contributed by atoms with Crippen LogP contribution in [0.4, 0.5) is 0 Å². The highest BCUT2D eigenvalue weighted by atomic mass is 16.5. The van der Waals surface area contributed by atoms with Crippen LogP contribution >= 0.6 is 0 Å². The number of hydrogen-bond acceptors (Lipinski definition) is 10. The summed E-state index contributed by atoms with van der Waals surface area (Å²) in [6, 6.07) is 34.8. The van der Waals surface area contributed by atoms with Crippen molar-refractivity contribution in [1.29, 1.82) is 0 Å². The molecular formula is C44H49N5O9. The number of nitrogens with zero attached hydrogens (tertiary/aromatic N) is 4. The molecule has 4 aromatic carbocycles. The predicted octanol–water partition coefficient (Wildman–Crippen LogP) is 6.41. The lowest BCUT2D eigenvalue weighted by atomic mass is 10.1. The average Bonchev–Trinajstić information content (AvgIpc) is 3.91. The zero-order valence-electron chi connectivity index (χ0n) is 32.4. The van der Waals surface area contributed by atoms with Crippen LogP contribution in [0, 0.1) is 0 Å². The van der Waals surface area contributed by atoms with Crippen LogP contribution in [-0.2, 0) is 22.7 Å². The van der Waals surface area contributed by atoms with Gasteiger partial charge in [0.15, 0.2) is 0 Å². The molecule has 0 aliphatic rings. The number of aromatic nitrogens is 4. The Morgan fingerprint density at radius 1 is 0.638 bits per heavy atom. The van der Waals surface area contributed by atoms with Crippen LogP contribution in [0.3, 0.4) is 0 Å². The predicted molar refractivity (Wildman–Crippen MR) is 220 cm³/mol. The second kappa shape index (κ2) is 23.9. The molecule has 0 aliphatic heterocycles. The summed E-state index contributed by atoms with van der Waals surface area (Å²) in [4.78, 5) is 19.1. The lowest BCUT2D eigenvalue weighted by Gasteiger charge is -2.15. The molecule has 304 valence electrons. The molecular weight excluding hydrogens is 743 g/mol. The van der Waals surface area contributed by atoms with Gasteiger partial charge in [0.25, 0.3) is 0 Å². The highest BCUT2D eigenvalue weighted by molar-refractivity contribution is 5.89. The number of carbonyl (C=O) groups is 2. The van der Waals surface area contributed by atoms with Crippen LogP contribution in [0.15, 0.2) is 146 Å². The summed E-state index contributed by atoms with van der Waals surface area (Å²) in [5.41, 5.74) is 4.50. The van der Waals surface area contributed by atoms with Crippen molar-refractivity contribution in [2.45, 2.75) is 39.1 Å². The number of carboxylic acid groups (broad SMARTS) is 2. The number of aliphatic hydroxyl groups is 1. The van der Waals surface area contributed by atoms with Gasteiger partial charge in [0.2, 0.25) is 0 Å². The fourth-order valence-corrected chi connectivity index (χ4v) is 4.99. The average molecular weight is 792 g/mol. The molecule has 0 bridgehead atoms. The number of aliphatic hydroxyl groups excluding tert-OH is 1. The third kappa shape index (κ3) is 16.9. The largest absolute Gasteiger partial charge is 0.508 e. The topological polar surface area (TPSA) is 190 Å². The van der Waals surface area contributed by atoms with E-state index in [-0.39, 0.29) is 12.4 Å². The Balaban J connectivity index is 0.000000223. The van der Waals surface area contributed by atoms with Crippen molar-refractivity contribution >= 4 is 11.9 Å². The molecule has 2 heterocycles. The minimum absolute atomic E-state index is 0.238. The van der Waals surface area contributed by atoms with Gasteiger partial charge in [0, 0.05) is 48.3 Å². The number of phenols is 1. The van der Waals surface area contributed by atoms with Gasteiger partial charge in [-0.05, 0) is 59.7 Å². The summed E-state index contributed by atoms with van der Waals surface area (Å²) in [5, 5.41) is 46.6. The van der Waals surface area contributed by atoms with E-state index in [2.05, 4.69) is 39.8 Å². The number of aliphatic carboxylic acids is 2. The van der Waals surface area contributed by atoms with E-state index in [0.717, 1.165) is 33.8 Å². The Morgan fingerprint density at radius 3 is 1.47 bits per heavy atom. The lowest BCUT2D eigenvalue weighted by Crippen LogP contribution is -2.35. The second-order valence-electron chi connectivity index (χ2n) is 12.9. The van der Waals surface area contributed by atoms with Gasteiger partial charge in [0.1, 0.15) is 48.9 Å². The van der Waals surface area contributed by atoms with Crippen LogP contribution in [0.1, 0.15) is 13.8 Å². The summed E-state index contributed by atoms with van der Waals surface area (Å²) >= 11 is 0. The van der Waals surface area contributed by atoms with Crippen molar-refractivity contribution < 1.29 is 44.2 Å². The quantitative estimate of drug-likeness (QED) is 0.0602. The number of hydrogen-bond donors (Lipinski definition) is 5. The van der Waals surface area contributed by atoms with Crippen molar-refractivity contribution in [1.82, 2.24) is 24.9 Å². The number of aromatic hydroxyl groups is 1. The summed E-state index contributed by atoms with van der Waals surface area (Å²) in [6.45, 7) is 7.24. The van der Waals surface area contributed by atoms with E-state index in [1.807, 2.05) is 109 Å². The van der Waals surface area contributed by atoms with Gasteiger partial charge in [-0.3, -0.25) is 9.36 Å². The van der Waals surface area contributed by atoms with Crippen molar-refractivity contribution in [3.63, 3.8) is 0 Å². The molecule has 14 heteroatoms. The first-order valence-electron chi connectivity index (χ1n) is 18.5. The van der Waals surface area contributed by atoms with E-state index >= 15 is 0 Å². The first kappa shape index (κ1) is 43.8. The molecule has 5 N–H and O–H groups in total. The van der Waals surface area contributed by atoms with Crippen molar-refractivity contribution in [3.05, 3.63) is 146 Å². The molecule has 1 unspecified atom stereocenters. The summed E-state index contributed by atoms with van der Waals surface area (Å²) in [7, 11) is 0. The van der Waals surface area contributed by atoms with E-state index in [4.69, 9.17) is 24.4 Å². The molecule has 6 rings (SSSR count). The van der Waals surface area contributed by atoms with Gasteiger partial charge in [-0.2, -0.15) is 10.2 Å². The van der Waals surface area contributed by atoms with Gasteiger partial charge in [0.05, 0.1) is 25.5 Å². The molecule has 58 heavy (non-hydrogen) atoms. The molecule has 0 amide bonds. The normalized spacial score (nSPS) is 11.2. The Morgan fingerprint density at radius 2 is 1.05 bits per heavy atom. The fraction of sp³-hybridized carbons (Fsp3) is 0.227. The zero-order valence-corrected chi connectivity index (χ0v) is 32.4. The van der Waals surface area contributed by atoms with Crippen LogP contribution in [0.25, 0.3) is 22.3 Å². The minimum atomic E-state index is -1.26. The van der Waals surface area contributed by atoms with Crippen molar-refractivity contribution in [2.75, 3.05) is 26.4 Å². The molecule has 0 spiro atoms. The molecule has 14 nitrogen and oxygen atoms in total. The number of phenolic OH excluding ortho intramolecular Hbond substituents is 1. The maximum absolute atomic E-state index is 9.89. The van der Waals surface area contributed by atoms with E-state index in [1.165, 1.54) is 0 Å². The van der Waals surface area contributed by atoms with Gasteiger partial charge in [-0.25, -0.2) is 9.59 Å². The Labute approximate surface area is 337 Å². The first-order chi connectivity index (χ1) is 28.0. The molecule has 1 atom stereocenters. The van der Waals surface area contributed by atoms with Gasteiger partial charge in [-0.1, -0.05) is 74.5 Å². The molecule has 0 saturated heterocycles. The summed E-state index contributed by atoms with van der Waals surface area (Å²) < 4.78 is 20.8. The van der Waals surface area contributed by atoms with Gasteiger partial charge in [-0.15, -0.1) is 0 Å². The summed E-state index contributed by atoms with van der Waals surface area (Å²) in [6.07, 6.45) is 8.33. The molecule has 0 fully saturated rings. The van der Waals surface area contributed by atoms with Crippen LogP contribution in [0.2, 0.25) is 0 Å². The highest BCUT2D eigenvalue weighted by Gasteiger charge is 2.07. The molecule has 6 aromatic rings. The standard InChI is InChI=1S/C23H29N3O3.C17H16N2O2.C4H4O4/c1-18(2)24-15-21(27)17-29-23-10-8-22(9-11-23)28-13-12-26-16-20(14-25-26)19-6-4-3-5-7-19;20-16-6-8-17(9-7-16)21-11-10-19-13-15(12-18-19)14-4-2-1-3-5-14;5-3(6)1-2-4(7)8/h3-11,14,16,18,21,24,27H,12-13,15,17H2,1-2H3;1-9,12-13,20H,10-11H2;1-2H,(H,5,6)(H,7,8)/b;;2-1-. The zero-order chi connectivity index (χ0) is 41.5. The van der Waals surface area contributed by atoms with Crippen molar-refractivity contribution in [2.24, 2.45) is 0 Å². The second-order valence-corrected chi connectivity index (χ2v) is 12.9. The molecule has 0 radical (unpaired) electrons. The highest BCUT2D eigenvalue weighted by Crippen LogP contribution is 2.20. The monoisotopic (exact) mass is 791 g/mol. The van der Waals surface area contributed by atoms with E-state index in [1.54, 1.807) is 24.3 Å². The third-order valence-electron chi connectivity index (χ3n) is 7.89. The Kier molecular flexibility index (Phi) is 18.1. The maximum atomic E-state index is 9.89. The smallest absolute Gasteiger partial charge is 0.328 e.